The van der Waals surface area contributed by atoms with Crippen molar-refractivity contribution in [2.75, 3.05) is 20.5 Å². The highest BCUT2D eigenvalue weighted by Crippen LogP contribution is 2.38. The Morgan fingerprint density at radius 1 is 1.12 bits per heavy atom. The van der Waals surface area contributed by atoms with Crippen LogP contribution < -0.4 is 19.9 Å². The Morgan fingerprint density at radius 2 is 1.76 bits per heavy atom. The number of methoxy groups -OCH3 is 2. The highest BCUT2D eigenvalue weighted by molar-refractivity contribution is 8.13. The van der Waals surface area contributed by atoms with E-state index in [1.165, 1.54) is 11.8 Å². The second-order valence-corrected chi connectivity index (χ2v) is 5.74. The van der Waals surface area contributed by atoms with Crippen LogP contribution in [0.3, 0.4) is 0 Å². The number of nitrogens with two attached hydrogens (primary N) is 1. The molecule has 6 nitrogen and oxygen atoms in total. The van der Waals surface area contributed by atoms with E-state index in [2.05, 4.69) is 10.2 Å². The SMILES string of the molecule is COc1cc(/C=N\N=C(/N)SC)cc(OC)c1OCc1ccccc1. The van der Waals surface area contributed by atoms with Crippen molar-refractivity contribution in [3.05, 3.63) is 53.6 Å². The van der Waals surface area contributed by atoms with Crippen LogP contribution in [0.25, 0.3) is 0 Å². The summed E-state index contributed by atoms with van der Waals surface area (Å²) in [5, 5.41) is 8.20. The van der Waals surface area contributed by atoms with Crippen LogP contribution in [0.1, 0.15) is 11.1 Å². The molecule has 0 aliphatic carbocycles. The largest absolute Gasteiger partial charge is 0.493 e. The molecule has 0 aromatic heterocycles. The van der Waals surface area contributed by atoms with E-state index in [1.54, 1.807) is 32.6 Å². The zero-order valence-corrected chi connectivity index (χ0v) is 15.2. The minimum absolute atomic E-state index is 0.387. The summed E-state index contributed by atoms with van der Waals surface area (Å²) in [5.41, 5.74) is 7.42. The molecule has 0 atom stereocenters. The normalized spacial score (nSPS) is 11.6. The summed E-state index contributed by atoms with van der Waals surface area (Å²) < 4.78 is 16.8. The molecule has 2 rings (SSSR count). The zero-order valence-electron chi connectivity index (χ0n) is 14.4. The van der Waals surface area contributed by atoms with E-state index < -0.39 is 0 Å². The monoisotopic (exact) mass is 359 g/mol. The topological polar surface area (TPSA) is 78.4 Å². The van der Waals surface area contributed by atoms with Crippen molar-refractivity contribution in [1.29, 1.82) is 0 Å². The zero-order chi connectivity index (χ0) is 18.1. The van der Waals surface area contributed by atoms with Gasteiger partial charge in [-0.1, -0.05) is 42.1 Å². The van der Waals surface area contributed by atoms with E-state index in [-0.39, 0.29) is 0 Å². The summed E-state index contributed by atoms with van der Waals surface area (Å²) in [6, 6.07) is 13.5. The molecular formula is C18H21N3O3S. The first-order valence-electron chi connectivity index (χ1n) is 7.51. The maximum absolute atomic E-state index is 5.91. The molecular weight excluding hydrogens is 338 g/mol. The van der Waals surface area contributed by atoms with E-state index >= 15 is 0 Å². The molecule has 2 aromatic carbocycles. The summed E-state index contributed by atoms with van der Waals surface area (Å²) in [7, 11) is 3.16. The van der Waals surface area contributed by atoms with E-state index in [4.69, 9.17) is 19.9 Å². The molecule has 0 radical (unpaired) electrons. The summed E-state index contributed by atoms with van der Waals surface area (Å²) >= 11 is 1.33. The molecule has 0 aliphatic rings. The molecule has 0 fully saturated rings. The molecule has 2 N–H and O–H groups in total. The molecule has 0 amide bonds. The van der Waals surface area contributed by atoms with Gasteiger partial charge in [0.2, 0.25) is 5.75 Å². The fourth-order valence-electron chi connectivity index (χ4n) is 2.04. The van der Waals surface area contributed by atoms with Crippen molar-refractivity contribution in [3.63, 3.8) is 0 Å². The van der Waals surface area contributed by atoms with Gasteiger partial charge in [0.25, 0.3) is 0 Å². The lowest BCUT2D eigenvalue weighted by molar-refractivity contribution is 0.266. The first kappa shape index (κ1) is 18.7. The number of hydrogen-bond donors (Lipinski definition) is 1. The average Bonchev–Trinajstić information content (AvgIpc) is 2.66. The van der Waals surface area contributed by atoms with Crippen LogP contribution in [-0.4, -0.2) is 31.9 Å². The minimum atomic E-state index is 0.387. The van der Waals surface area contributed by atoms with E-state index in [1.807, 2.05) is 36.6 Å². The maximum atomic E-state index is 5.91. The molecule has 0 unspecified atom stereocenters. The Bertz CT molecular complexity index is 723. The van der Waals surface area contributed by atoms with Gasteiger partial charge in [0.05, 0.1) is 20.4 Å². The van der Waals surface area contributed by atoms with Crippen LogP contribution in [-0.2, 0) is 6.61 Å². The van der Waals surface area contributed by atoms with Crippen molar-refractivity contribution < 1.29 is 14.2 Å². The fraction of sp³-hybridized carbons (Fsp3) is 0.222. The lowest BCUT2D eigenvalue weighted by atomic mass is 10.2. The van der Waals surface area contributed by atoms with Gasteiger partial charge in [0.15, 0.2) is 16.7 Å². The van der Waals surface area contributed by atoms with Gasteiger partial charge in [-0.3, -0.25) is 0 Å². The number of thioether (sulfide) groups is 1. The molecule has 25 heavy (non-hydrogen) atoms. The first-order chi connectivity index (χ1) is 12.2. The summed E-state index contributed by atoms with van der Waals surface area (Å²) in [4.78, 5) is 0. The Labute approximate surface area is 151 Å². The van der Waals surface area contributed by atoms with E-state index in [0.29, 0.717) is 29.0 Å². The Balaban J connectivity index is 2.24. The van der Waals surface area contributed by atoms with Crippen LogP contribution in [0.15, 0.2) is 52.7 Å². The summed E-state index contributed by atoms with van der Waals surface area (Å²) in [6.45, 7) is 0.412. The number of hydrogen-bond acceptors (Lipinski definition) is 6. The number of rotatable bonds is 7. The van der Waals surface area contributed by atoms with Crippen LogP contribution >= 0.6 is 11.8 Å². The summed E-state index contributed by atoms with van der Waals surface area (Å²) in [5.74, 6) is 1.65. The van der Waals surface area contributed by atoms with Crippen LogP contribution in [0.2, 0.25) is 0 Å². The Kier molecular flexibility index (Phi) is 7.16. The van der Waals surface area contributed by atoms with Crippen LogP contribution in [0, 0.1) is 0 Å². The van der Waals surface area contributed by atoms with Gasteiger partial charge in [0.1, 0.15) is 6.61 Å². The van der Waals surface area contributed by atoms with Crippen molar-refractivity contribution in [3.8, 4) is 17.2 Å². The lowest BCUT2D eigenvalue weighted by Crippen LogP contribution is -2.04. The number of benzene rings is 2. The van der Waals surface area contributed by atoms with Crippen LogP contribution in [0.5, 0.6) is 17.2 Å². The highest BCUT2D eigenvalue weighted by atomic mass is 32.2. The fourth-order valence-corrected chi connectivity index (χ4v) is 2.17. The summed E-state index contributed by atoms with van der Waals surface area (Å²) in [6.07, 6.45) is 3.41. The van der Waals surface area contributed by atoms with Gasteiger partial charge in [-0.2, -0.15) is 5.10 Å². The number of ether oxygens (including phenoxy) is 3. The van der Waals surface area contributed by atoms with Gasteiger partial charge in [-0.05, 0) is 24.0 Å². The first-order valence-corrected chi connectivity index (χ1v) is 8.73. The molecule has 7 heteroatoms. The Morgan fingerprint density at radius 3 is 2.32 bits per heavy atom. The molecule has 0 heterocycles. The third-order valence-electron chi connectivity index (χ3n) is 3.28. The molecule has 0 bridgehead atoms. The predicted molar refractivity (Wildman–Crippen MR) is 103 cm³/mol. The molecule has 2 aromatic rings. The number of amidine groups is 1. The van der Waals surface area contributed by atoms with Crippen molar-refractivity contribution in [2.45, 2.75) is 6.61 Å². The highest BCUT2D eigenvalue weighted by Gasteiger charge is 2.14. The van der Waals surface area contributed by atoms with E-state index in [0.717, 1.165) is 11.1 Å². The minimum Gasteiger partial charge on any atom is -0.493 e. The van der Waals surface area contributed by atoms with Crippen molar-refractivity contribution >= 4 is 23.1 Å². The van der Waals surface area contributed by atoms with Gasteiger partial charge in [-0.15, -0.1) is 5.10 Å². The smallest absolute Gasteiger partial charge is 0.203 e. The number of nitrogens with zero attached hydrogens (tertiary/aromatic N) is 2. The third kappa shape index (κ3) is 5.42. The third-order valence-corrected chi connectivity index (χ3v) is 3.78. The molecule has 0 saturated heterocycles. The predicted octanol–water partition coefficient (Wildman–Crippen LogP) is 3.29. The van der Waals surface area contributed by atoms with Gasteiger partial charge in [-0.25, -0.2) is 0 Å². The molecule has 0 aliphatic heterocycles. The van der Waals surface area contributed by atoms with E-state index in [9.17, 15) is 0 Å². The Hall–Kier alpha value is -2.67. The second kappa shape index (κ2) is 9.58. The second-order valence-electron chi connectivity index (χ2n) is 4.92. The maximum Gasteiger partial charge on any atom is 0.203 e. The van der Waals surface area contributed by atoms with Gasteiger partial charge < -0.3 is 19.9 Å². The average molecular weight is 359 g/mol. The quantitative estimate of drug-likeness (QED) is 0.466. The molecule has 0 spiro atoms. The molecule has 132 valence electrons. The van der Waals surface area contributed by atoms with Gasteiger partial charge in [0, 0.05) is 5.56 Å². The van der Waals surface area contributed by atoms with Crippen molar-refractivity contribution in [1.82, 2.24) is 0 Å². The van der Waals surface area contributed by atoms with Crippen molar-refractivity contribution in [2.24, 2.45) is 15.9 Å². The lowest BCUT2D eigenvalue weighted by Gasteiger charge is -2.15. The standard InChI is InChI=1S/C18H21N3O3S/c1-22-15-9-14(11-20-21-18(19)25-3)10-16(23-2)17(15)24-12-13-7-5-4-6-8-13/h4-11H,12H2,1-3H3,(H2,19,21)/b20-11-. The van der Waals surface area contributed by atoms with Gasteiger partial charge >= 0.3 is 0 Å². The van der Waals surface area contributed by atoms with Crippen LogP contribution in [0.4, 0.5) is 0 Å². The molecule has 0 saturated carbocycles.